The quantitative estimate of drug-likeness (QED) is 0.754. The van der Waals surface area contributed by atoms with Crippen LogP contribution in [0.5, 0.6) is 0 Å². The summed E-state index contributed by atoms with van der Waals surface area (Å²) in [7, 11) is 0. The van der Waals surface area contributed by atoms with Crippen LogP contribution >= 0.6 is 0 Å². The SMILES string of the molecule is O=C1OCCCOC(=O)c2c1cccc2-c1ccccc1. The van der Waals surface area contributed by atoms with E-state index in [0.29, 0.717) is 12.0 Å². The normalized spacial score (nSPS) is 15.0. The predicted molar refractivity (Wildman–Crippen MR) is 77.1 cm³/mol. The van der Waals surface area contributed by atoms with Crippen molar-refractivity contribution >= 4 is 11.9 Å². The molecular formula is C17H14O4. The molecule has 1 heterocycles. The van der Waals surface area contributed by atoms with Gasteiger partial charge in [0.1, 0.15) is 0 Å². The fourth-order valence-electron chi connectivity index (χ4n) is 2.34. The van der Waals surface area contributed by atoms with Crippen molar-refractivity contribution in [1.29, 1.82) is 0 Å². The van der Waals surface area contributed by atoms with Gasteiger partial charge in [-0.15, -0.1) is 0 Å². The zero-order chi connectivity index (χ0) is 14.7. The fourth-order valence-corrected chi connectivity index (χ4v) is 2.34. The number of carbonyl (C=O) groups excluding carboxylic acids is 2. The van der Waals surface area contributed by atoms with E-state index in [1.807, 2.05) is 30.3 Å². The van der Waals surface area contributed by atoms with E-state index in [4.69, 9.17) is 9.47 Å². The van der Waals surface area contributed by atoms with Crippen molar-refractivity contribution in [3.8, 4) is 11.1 Å². The molecule has 0 saturated carbocycles. The van der Waals surface area contributed by atoms with E-state index in [1.165, 1.54) is 0 Å². The molecule has 0 fully saturated rings. The van der Waals surface area contributed by atoms with E-state index in [2.05, 4.69) is 0 Å². The highest BCUT2D eigenvalue weighted by Gasteiger charge is 2.24. The lowest BCUT2D eigenvalue weighted by molar-refractivity contribution is 0.0435. The second-order valence-corrected chi connectivity index (χ2v) is 4.72. The van der Waals surface area contributed by atoms with Crippen LogP contribution in [0.2, 0.25) is 0 Å². The fraction of sp³-hybridized carbons (Fsp3) is 0.176. The highest BCUT2D eigenvalue weighted by Crippen LogP contribution is 2.28. The molecule has 3 rings (SSSR count). The topological polar surface area (TPSA) is 52.6 Å². The van der Waals surface area contributed by atoms with Gasteiger partial charge in [-0.2, -0.15) is 0 Å². The molecule has 21 heavy (non-hydrogen) atoms. The minimum absolute atomic E-state index is 0.245. The molecule has 0 amide bonds. The largest absolute Gasteiger partial charge is 0.462 e. The lowest BCUT2D eigenvalue weighted by Gasteiger charge is -2.12. The van der Waals surface area contributed by atoms with Crippen LogP contribution in [0.4, 0.5) is 0 Å². The average Bonchev–Trinajstić information content (AvgIpc) is 2.60. The number of cyclic esters (lactones) is 2. The van der Waals surface area contributed by atoms with Crippen LogP contribution in [0, 0.1) is 0 Å². The summed E-state index contributed by atoms with van der Waals surface area (Å²) in [5.41, 5.74) is 2.06. The van der Waals surface area contributed by atoms with Crippen LogP contribution in [0.1, 0.15) is 27.1 Å². The Kier molecular flexibility index (Phi) is 3.69. The summed E-state index contributed by atoms with van der Waals surface area (Å²) in [6.45, 7) is 0.496. The van der Waals surface area contributed by atoms with Crippen LogP contribution < -0.4 is 0 Å². The van der Waals surface area contributed by atoms with E-state index < -0.39 is 11.9 Å². The third-order valence-corrected chi connectivity index (χ3v) is 3.33. The van der Waals surface area contributed by atoms with Crippen molar-refractivity contribution in [2.75, 3.05) is 13.2 Å². The molecule has 0 aromatic heterocycles. The van der Waals surface area contributed by atoms with Crippen molar-refractivity contribution < 1.29 is 19.1 Å². The van der Waals surface area contributed by atoms with Gasteiger partial charge in [-0.3, -0.25) is 0 Å². The van der Waals surface area contributed by atoms with Gasteiger partial charge in [0.05, 0.1) is 24.3 Å². The standard InChI is InChI=1S/C17H14O4/c18-16-14-9-4-8-13(12-6-2-1-3-7-12)15(14)17(19)21-11-5-10-20-16/h1-4,6-9H,5,10-11H2. The Morgan fingerprint density at radius 2 is 1.38 bits per heavy atom. The summed E-state index contributed by atoms with van der Waals surface area (Å²) in [6, 6.07) is 14.6. The Labute approximate surface area is 122 Å². The van der Waals surface area contributed by atoms with Crippen LogP contribution in [0.3, 0.4) is 0 Å². The Hall–Kier alpha value is -2.62. The molecule has 106 valence electrons. The molecule has 1 aliphatic rings. The van der Waals surface area contributed by atoms with E-state index in [9.17, 15) is 9.59 Å². The maximum Gasteiger partial charge on any atom is 0.339 e. The van der Waals surface area contributed by atoms with Crippen LogP contribution in [0.15, 0.2) is 48.5 Å². The van der Waals surface area contributed by atoms with E-state index in [-0.39, 0.29) is 24.3 Å². The van der Waals surface area contributed by atoms with Gasteiger partial charge >= 0.3 is 11.9 Å². The Balaban J connectivity index is 2.19. The molecule has 0 aliphatic carbocycles. The van der Waals surface area contributed by atoms with Crippen molar-refractivity contribution in [2.45, 2.75) is 6.42 Å². The first-order valence-corrected chi connectivity index (χ1v) is 6.80. The van der Waals surface area contributed by atoms with Gasteiger partial charge in [-0.25, -0.2) is 9.59 Å². The molecule has 0 radical (unpaired) electrons. The zero-order valence-electron chi connectivity index (χ0n) is 11.4. The Bertz CT molecular complexity index is 676. The number of benzene rings is 2. The molecule has 0 atom stereocenters. The molecule has 2 aromatic rings. The molecule has 0 bridgehead atoms. The zero-order valence-corrected chi connectivity index (χ0v) is 11.4. The predicted octanol–water partition coefficient (Wildman–Crippen LogP) is 3.07. The molecule has 2 aromatic carbocycles. The number of carbonyl (C=O) groups is 2. The van der Waals surface area contributed by atoms with Crippen molar-refractivity contribution in [3.05, 3.63) is 59.7 Å². The summed E-state index contributed by atoms with van der Waals surface area (Å²) in [5, 5.41) is 0. The van der Waals surface area contributed by atoms with Gasteiger partial charge in [-0.05, 0) is 17.2 Å². The van der Waals surface area contributed by atoms with Gasteiger partial charge in [0.25, 0.3) is 0 Å². The lowest BCUT2D eigenvalue weighted by Crippen LogP contribution is -2.13. The molecule has 0 spiro atoms. The molecule has 4 heteroatoms. The summed E-state index contributed by atoms with van der Waals surface area (Å²) in [4.78, 5) is 24.4. The van der Waals surface area contributed by atoms with E-state index in [1.54, 1.807) is 18.2 Å². The maximum atomic E-state index is 12.3. The summed E-state index contributed by atoms with van der Waals surface area (Å²) in [6.07, 6.45) is 0.506. The minimum Gasteiger partial charge on any atom is -0.462 e. The number of rotatable bonds is 1. The van der Waals surface area contributed by atoms with Crippen molar-refractivity contribution in [3.63, 3.8) is 0 Å². The molecule has 0 unspecified atom stereocenters. The number of fused-ring (bicyclic) bond motifs is 1. The molecule has 1 aliphatic heterocycles. The summed E-state index contributed by atoms with van der Waals surface area (Å²) < 4.78 is 10.4. The van der Waals surface area contributed by atoms with Crippen molar-refractivity contribution in [2.24, 2.45) is 0 Å². The Morgan fingerprint density at radius 1 is 0.714 bits per heavy atom. The first-order valence-electron chi connectivity index (χ1n) is 6.80. The lowest BCUT2D eigenvalue weighted by atomic mass is 9.95. The molecule has 0 saturated heterocycles. The molecule has 0 N–H and O–H groups in total. The van der Waals surface area contributed by atoms with Gasteiger partial charge in [0.15, 0.2) is 0 Å². The third-order valence-electron chi connectivity index (χ3n) is 3.33. The summed E-state index contributed by atoms with van der Waals surface area (Å²) >= 11 is 0. The van der Waals surface area contributed by atoms with Gasteiger partial charge in [0, 0.05) is 6.42 Å². The second kappa shape index (κ2) is 5.79. The third kappa shape index (κ3) is 2.65. The summed E-state index contributed by atoms with van der Waals surface area (Å²) in [5.74, 6) is -0.968. The number of ether oxygens (including phenoxy) is 2. The highest BCUT2D eigenvalue weighted by atomic mass is 16.5. The van der Waals surface area contributed by atoms with E-state index in [0.717, 1.165) is 5.56 Å². The first-order chi connectivity index (χ1) is 10.3. The number of esters is 2. The first kappa shape index (κ1) is 13.4. The van der Waals surface area contributed by atoms with E-state index >= 15 is 0 Å². The monoisotopic (exact) mass is 282 g/mol. The van der Waals surface area contributed by atoms with Crippen molar-refractivity contribution in [1.82, 2.24) is 0 Å². The van der Waals surface area contributed by atoms with Gasteiger partial charge in [0.2, 0.25) is 0 Å². The number of hydrogen-bond donors (Lipinski definition) is 0. The minimum atomic E-state index is -0.485. The van der Waals surface area contributed by atoms with Crippen LogP contribution in [0.25, 0.3) is 11.1 Å². The Morgan fingerprint density at radius 3 is 2.14 bits per heavy atom. The van der Waals surface area contributed by atoms with Gasteiger partial charge in [-0.1, -0.05) is 42.5 Å². The molecular weight excluding hydrogens is 268 g/mol. The average molecular weight is 282 g/mol. The second-order valence-electron chi connectivity index (χ2n) is 4.72. The number of hydrogen-bond acceptors (Lipinski definition) is 4. The smallest absolute Gasteiger partial charge is 0.339 e. The van der Waals surface area contributed by atoms with Crippen LogP contribution in [-0.4, -0.2) is 25.2 Å². The maximum absolute atomic E-state index is 12.3. The van der Waals surface area contributed by atoms with Crippen LogP contribution in [-0.2, 0) is 9.47 Å². The highest BCUT2D eigenvalue weighted by molar-refractivity contribution is 6.08. The van der Waals surface area contributed by atoms with Gasteiger partial charge < -0.3 is 9.47 Å². The molecule has 4 nitrogen and oxygen atoms in total.